The van der Waals surface area contributed by atoms with Crippen LogP contribution >= 0.6 is 0 Å². The van der Waals surface area contributed by atoms with Crippen LogP contribution in [0.2, 0.25) is 0 Å². The molecule has 2 aliphatic heterocycles. The molecule has 3 nitrogen and oxygen atoms in total. The second kappa shape index (κ2) is 6.72. The number of likely N-dealkylation sites (tertiary alicyclic amines) is 2. The zero-order chi connectivity index (χ0) is 12.1. The predicted molar refractivity (Wildman–Crippen MR) is 73.4 cm³/mol. The minimum absolute atomic E-state index is 0.804. The first kappa shape index (κ1) is 13.3. The lowest BCUT2D eigenvalue weighted by molar-refractivity contribution is 0.161. The highest BCUT2D eigenvalue weighted by Crippen LogP contribution is 2.25. The fraction of sp³-hybridized carbons (Fsp3) is 1.00. The van der Waals surface area contributed by atoms with Gasteiger partial charge < -0.3 is 10.2 Å². The molecule has 0 aliphatic carbocycles. The summed E-state index contributed by atoms with van der Waals surface area (Å²) in [6.45, 7) is 8.66. The molecule has 2 atom stereocenters. The zero-order valence-electron chi connectivity index (χ0n) is 11.6. The second-order valence-electron chi connectivity index (χ2n) is 5.61. The topological polar surface area (TPSA) is 18.5 Å². The maximum atomic E-state index is 3.36. The minimum Gasteiger partial charge on any atom is -0.318 e. The predicted octanol–water partition coefficient (Wildman–Crippen LogP) is 1.54. The smallest absolute Gasteiger partial charge is 0.0223 e. The van der Waals surface area contributed by atoms with Gasteiger partial charge in [0.05, 0.1) is 0 Å². The highest BCUT2D eigenvalue weighted by atomic mass is 15.2. The van der Waals surface area contributed by atoms with Crippen molar-refractivity contribution in [3.63, 3.8) is 0 Å². The average Bonchev–Trinajstić information content (AvgIpc) is 2.66. The number of rotatable bonds is 4. The first-order valence-corrected chi connectivity index (χ1v) is 7.47. The molecular weight excluding hydrogens is 210 g/mol. The molecule has 0 radical (unpaired) electrons. The SMILES string of the molecule is CCN1CCCC(N2CCCC2CNC)CC1. The Morgan fingerprint density at radius 1 is 1.06 bits per heavy atom. The third-order valence-corrected chi connectivity index (χ3v) is 4.57. The van der Waals surface area contributed by atoms with Crippen LogP contribution in [0.4, 0.5) is 0 Å². The van der Waals surface area contributed by atoms with E-state index in [0.717, 1.165) is 12.1 Å². The van der Waals surface area contributed by atoms with Crippen LogP contribution in [0.25, 0.3) is 0 Å². The number of nitrogens with zero attached hydrogens (tertiary/aromatic N) is 2. The Kier molecular flexibility index (Phi) is 5.26. The van der Waals surface area contributed by atoms with E-state index in [1.807, 2.05) is 0 Å². The van der Waals surface area contributed by atoms with Crippen LogP contribution in [-0.4, -0.2) is 61.7 Å². The quantitative estimate of drug-likeness (QED) is 0.803. The average molecular weight is 239 g/mol. The van der Waals surface area contributed by atoms with Gasteiger partial charge in [0.1, 0.15) is 0 Å². The summed E-state index contributed by atoms with van der Waals surface area (Å²) in [6.07, 6.45) is 6.99. The van der Waals surface area contributed by atoms with Crippen molar-refractivity contribution in [3.05, 3.63) is 0 Å². The Labute approximate surface area is 107 Å². The van der Waals surface area contributed by atoms with E-state index in [-0.39, 0.29) is 0 Å². The Bertz CT molecular complexity index is 220. The Morgan fingerprint density at radius 3 is 2.65 bits per heavy atom. The first-order valence-electron chi connectivity index (χ1n) is 7.47. The normalized spacial score (nSPS) is 32.8. The Balaban J connectivity index is 1.88. The second-order valence-corrected chi connectivity index (χ2v) is 5.61. The van der Waals surface area contributed by atoms with E-state index in [1.54, 1.807) is 0 Å². The number of hydrogen-bond acceptors (Lipinski definition) is 3. The largest absolute Gasteiger partial charge is 0.318 e. The number of hydrogen-bond donors (Lipinski definition) is 1. The van der Waals surface area contributed by atoms with Crippen molar-refractivity contribution in [1.29, 1.82) is 0 Å². The molecule has 0 amide bonds. The molecular formula is C14H29N3. The maximum absolute atomic E-state index is 3.36. The van der Waals surface area contributed by atoms with Gasteiger partial charge in [0.15, 0.2) is 0 Å². The lowest BCUT2D eigenvalue weighted by Gasteiger charge is -2.32. The Morgan fingerprint density at radius 2 is 1.88 bits per heavy atom. The summed E-state index contributed by atoms with van der Waals surface area (Å²) in [5.41, 5.74) is 0. The summed E-state index contributed by atoms with van der Waals surface area (Å²) >= 11 is 0. The molecule has 2 unspecified atom stereocenters. The van der Waals surface area contributed by atoms with Gasteiger partial charge in [0, 0.05) is 18.6 Å². The molecule has 3 heteroatoms. The van der Waals surface area contributed by atoms with E-state index in [0.29, 0.717) is 0 Å². The molecule has 2 heterocycles. The van der Waals surface area contributed by atoms with Crippen molar-refractivity contribution in [2.24, 2.45) is 0 Å². The van der Waals surface area contributed by atoms with Crippen LogP contribution in [0.5, 0.6) is 0 Å². The third-order valence-electron chi connectivity index (χ3n) is 4.57. The molecule has 100 valence electrons. The molecule has 2 saturated heterocycles. The van der Waals surface area contributed by atoms with Crippen LogP contribution in [-0.2, 0) is 0 Å². The van der Waals surface area contributed by atoms with Crippen LogP contribution in [0.3, 0.4) is 0 Å². The molecule has 1 N–H and O–H groups in total. The minimum atomic E-state index is 0.804. The van der Waals surface area contributed by atoms with Gasteiger partial charge in [0.25, 0.3) is 0 Å². The van der Waals surface area contributed by atoms with Gasteiger partial charge in [-0.15, -0.1) is 0 Å². The molecule has 17 heavy (non-hydrogen) atoms. The lowest BCUT2D eigenvalue weighted by Crippen LogP contribution is -2.43. The molecule has 2 aliphatic rings. The molecule has 0 aromatic carbocycles. The summed E-state index contributed by atoms with van der Waals surface area (Å²) in [4.78, 5) is 5.42. The van der Waals surface area contributed by atoms with Crippen LogP contribution < -0.4 is 5.32 Å². The molecule has 0 spiro atoms. The molecule has 0 aromatic heterocycles. The van der Waals surface area contributed by atoms with Gasteiger partial charge >= 0.3 is 0 Å². The Hall–Kier alpha value is -0.120. The number of nitrogens with one attached hydrogen (secondary N) is 1. The summed E-state index contributed by atoms with van der Waals surface area (Å²) < 4.78 is 0. The fourth-order valence-electron chi connectivity index (χ4n) is 3.58. The van der Waals surface area contributed by atoms with Gasteiger partial charge in [0.2, 0.25) is 0 Å². The van der Waals surface area contributed by atoms with Gasteiger partial charge in [-0.1, -0.05) is 6.92 Å². The van der Waals surface area contributed by atoms with Gasteiger partial charge in [-0.05, 0) is 65.3 Å². The van der Waals surface area contributed by atoms with E-state index in [9.17, 15) is 0 Å². The number of likely N-dealkylation sites (N-methyl/N-ethyl adjacent to an activating group) is 1. The summed E-state index contributed by atoms with van der Waals surface area (Å²) in [6, 6.07) is 1.66. The van der Waals surface area contributed by atoms with Gasteiger partial charge in [-0.2, -0.15) is 0 Å². The van der Waals surface area contributed by atoms with Gasteiger partial charge in [-0.25, -0.2) is 0 Å². The lowest BCUT2D eigenvalue weighted by atomic mass is 10.1. The van der Waals surface area contributed by atoms with Crippen molar-refractivity contribution < 1.29 is 0 Å². The molecule has 0 saturated carbocycles. The summed E-state index contributed by atoms with van der Waals surface area (Å²) in [5.74, 6) is 0. The van der Waals surface area contributed by atoms with Crippen molar-refractivity contribution in [3.8, 4) is 0 Å². The molecule has 0 aromatic rings. The van der Waals surface area contributed by atoms with E-state index in [4.69, 9.17) is 0 Å². The van der Waals surface area contributed by atoms with E-state index < -0.39 is 0 Å². The van der Waals surface area contributed by atoms with E-state index in [2.05, 4.69) is 29.1 Å². The third kappa shape index (κ3) is 3.43. The van der Waals surface area contributed by atoms with Crippen LogP contribution in [0, 0.1) is 0 Å². The van der Waals surface area contributed by atoms with Gasteiger partial charge in [-0.3, -0.25) is 4.90 Å². The summed E-state index contributed by atoms with van der Waals surface area (Å²) in [5, 5.41) is 3.36. The van der Waals surface area contributed by atoms with Crippen molar-refractivity contribution >= 4 is 0 Å². The first-order chi connectivity index (χ1) is 8.35. The maximum Gasteiger partial charge on any atom is 0.0223 e. The van der Waals surface area contributed by atoms with Crippen molar-refractivity contribution in [1.82, 2.24) is 15.1 Å². The molecule has 2 fully saturated rings. The molecule has 2 rings (SSSR count). The van der Waals surface area contributed by atoms with E-state index >= 15 is 0 Å². The standard InChI is InChI=1S/C14H29N3/c1-3-16-9-4-6-13(8-11-16)17-10-5-7-14(17)12-15-2/h13-15H,3-12H2,1-2H3. The highest BCUT2D eigenvalue weighted by molar-refractivity contribution is 4.87. The molecule has 0 bridgehead atoms. The summed E-state index contributed by atoms with van der Waals surface area (Å²) in [7, 11) is 2.09. The van der Waals surface area contributed by atoms with Crippen molar-refractivity contribution in [2.45, 2.75) is 51.1 Å². The monoisotopic (exact) mass is 239 g/mol. The zero-order valence-corrected chi connectivity index (χ0v) is 11.6. The van der Waals surface area contributed by atoms with Crippen LogP contribution in [0.1, 0.15) is 39.0 Å². The van der Waals surface area contributed by atoms with Crippen molar-refractivity contribution in [2.75, 3.05) is 39.8 Å². The highest BCUT2D eigenvalue weighted by Gasteiger charge is 2.30. The van der Waals surface area contributed by atoms with Crippen LogP contribution in [0.15, 0.2) is 0 Å². The van der Waals surface area contributed by atoms with E-state index in [1.165, 1.54) is 64.8 Å². The fourth-order valence-corrected chi connectivity index (χ4v) is 3.58.